The maximum atomic E-state index is 11.0. The minimum atomic E-state index is 0.0881. The Morgan fingerprint density at radius 1 is 1.45 bits per heavy atom. The summed E-state index contributed by atoms with van der Waals surface area (Å²) in [4.78, 5) is 11.0. The van der Waals surface area contributed by atoms with Gasteiger partial charge in [0.05, 0.1) is 17.6 Å². The Morgan fingerprint density at radius 2 is 2.36 bits per heavy atom. The Morgan fingerprint density at radius 3 is 3.27 bits per heavy atom. The van der Waals surface area contributed by atoms with Gasteiger partial charge in [0.15, 0.2) is 0 Å². The third-order valence-corrected chi connectivity index (χ3v) is 1.82. The van der Waals surface area contributed by atoms with Crippen molar-refractivity contribution in [3.8, 4) is 0 Å². The number of nitrogens with one attached hydrogen (secondary N) is 2. The predicted molar refractivity (Wildman–Crippen MR) is 40.2 cm³/mol. The van der Waals surface area contributed by atoms with Crippen LogP contribution >= 0.6 is 0 Å². The number of nitrogens with zero attached hydrogens (tertiary/aromatic N) is 1. The average Bonchev–Trinajstić information content (AvgIpc) is 2.31. The molecule has 0 aromatic carbocycles. The molecule has 1 aromatic rings. The number of rotatable bonds is 0. The first-order chi connectivity index (χ1) is 5.36. The molecule has 2 N–H and O–H groups in total. The molecule has 0 fully saturated rings. The fourth-order valence-electron chi connectivity index (χ4n) is 1.25. The highest BCUT2D eigenvalue weighted by molar-refractivity contribution is 5.91. The molecule has 58 valence electrons. The molecule has 0 saturated heterocycles. The molecule has 2 heterocycles. The summed E-state index contributed by atoms with van der Waals surface area (Å²) in [7, 11) is 0. The quantitative estimate of drug-likeness (QED) is 0.573. The van der Waals surface area contributed by atoms with E-state index in [1.165, 1.54) is 0 Å². The molecule has 4 nitrogen and oxygen atoms in total. The molecule has 1 aliphatic rings. The third kappa shape index (κ3) is 1.11. The highest BCUT2D eigenvalue weighted by atomic mass is 16.1. The summed E-state index contributed by atoms with van der Waals surface area (Å²) in [5, 5.41) is 9.46. The lowest BCUT2D eigenvalue weighted by Crippen LogP contribution is -2.08. The largest absolute Gasteiger partial charge is 0.323 e. The van der Waals surface area contributed by atoms with Crippen LogP contribution in [0.5, 0.6) is 0 Å². The van der Waals surface area contributed by atoms with Gasteiger partial charge in [0.2, 0.25) is 5.91 Å². The Bertz CT molecular complexity index is 279. The van der Waals surface area contributed by atoms with E-state index >= 15 is 0 Å². The number of hydrogen-bond acceptors (Lipinski definition) is 2. The number of amides is 1. The van der Waals surface area contributed by atoms with Crippen molar-refractivity contribution < 1.29 is 4.79 Å². The summed E-state index contributed by atoms with van der Waals surface area (Å²) in [6.45, 7) is 0. The second kappa shape index (κ2) is 2.38. The Labute approximate surface area is 64.0 Å². The minimum Gasteiger partial charge on any atom is -0.323 e. The van der Waals surface area contributed by atoms with Crippen molar-refractivity contribution in [3.05, 3.63) is 11.9 Å². The smallest absolute Gasteiger partial charge is 0.224 e. The lowest BCUT2D eigenvalue weighted by molar-refractivity contribution is -0.116. The minimum absolute atomic E-state index is 0.0881. The number of carbonyl (C=O) groups is 1. The normalized spacial score (nSPS) is 16.9. The second-order valence-electron chi connectivity index (χ2n) is 2.66. The molecular formula is C7H9N3O. The first kappa shape index (κ1) is 6.39. The zero-order chi connectivity index (χ0) is 7.68. The van der Waals surface area contributed by atoms with Crippen LogP contribution < -0.4 is 5.32 Å². The molecule has 2 rings (SSSR count). The van der Waals surface area contributed by atoms with Gasteiger partial charge in [-0.25, -0.2) is 0 Å². The first-order valence-corrected chi connectivity index (χ1v) is 3.68. The molecule has 1 aromatic heterocycles. The number of aryl methyl sites for hydroxylation is 1. The number of fused-ring (bicyclic) bond motifs is 1. The summed E-state index contributed by atoms with van der Waals surface area (Å²) in [6, 6.07) is 0. The molecule has 0 spiro atoms. The maximum Gasteiger partial charge on any atom is 0.224 e. The summed E-state index contributed by atoms with van der Waals surface area (Å²) in [6.07, 6.45) is 4.08. The van der Waals surface area contributed by atoms with Crippen LogP contribution in [0.3, 0.4) is 0 Å². The van der Waals surface area contributed by atoms with E-state index in [2.05, 4.69) is 15.5 Å². The molecule has 4 heteroatoms. The van der Waals surface area contributed by atoms with E-state index in [1.54, 1.807) is 6.20 Å². The average molecular weight is 151 g/mol. The van der Waals surface area contributed by atoms with E-state index in [4.69, 9.17) is 0 Å². The van der Waals surface area contributed by atoms with E-state index in [1.807, 2.05) is 0 Å². The lowest BCUT2D eigenvalue weighted by Gasteiger charge is -1.96. The van der Waals surface area contributed by atoms with Gasteiger partial charge in [0.25, 0.3) is 0 Å². The van der Waals surface area contributed by atoms with Crippen molar-refractivity contribution in [1.29, 1.82) is 0 Å². The van der Waals surface area contributed by atoms with Crippen LogP contribution in [0.15, 0.2) is 6.20 Å². The van der Waals surface area contributed by atoms with Gasteiger partial charge < -0.3 is 5.32 Å². The van der Waals surface area contributed by atoms with Crippen LogP contribution in [0.1, 0.15) is 18.5 Å². The fourth-order valence-corrected chi connectivity index (χ4v) is 1.25. The zero-order valence-electron chi connectivity index (χ0n) is 6.05. The topological polar surface area (TPSA) is 57.8 Å². The van der Waals surface area contributed by atoms with E-state index in [-0.39, 0.29) is 5.91 Å². The SMILES string of the molecule is O=C1CCCc2[nH]ncc2N1. The first-order valence-electron chi connectivity index (χ1n) is 3.68. The van der Waals surface area contributed by atoms with Crippen molar-refractivity contribution in [2.24, 2.45) is 0 Å². The van der Waals surface area contributed by atoms with Crippen LogP contribution in [-0.2, 0) is 11.2 Å². The summed E-state index contributed by atoms with van der Waals surface area (Å²) >= 11 is 0. The molecule has 0 atom stereocenters. The van der Waals surface area contributed by atoms with Crippen molar-refractivity contribution in [1.82, 2.24) is 10.2 Å². The Hall–Kier alpha value is -1.32. The van der Waals surface area contributed by atoms with Crippen molar-refractivity contribution in [2.75, 3.05) is 5.32 Å². The Balaban J connectivity index is 2.32. The van der Waals surface area contributed by atoms with Crippen LogP contribution in [0.4, 0.5) is 5.69 Å². The Kier molecular flexibility index (Phi) is 1.38. The summed E-state index contributed by atoms with van der Waals surface area (Å²) in [5.41, 5.74) is 1.88. The molecule has 0 aliphatic carbocycles. The number of carbonyl (C=O) groups excluding carboxylic acids is 1. The van der Waals surface area contributed by atoms with Crippen molar-refractivity contribution in [2.45, 2.75) is 19.3 Å². The zero-order valence-corrected chi connectivity index (χ0v) is 6.05. The van der Waals surface area contributed by atoms with E-state index in [0.717, 1.165) is 24.2 Å². The highest BCUT2D eigenvalue weighted by Gasteiger charge is 2.13. The third-order valence-electron chi connectivity index (χ3n) is 1.82. The van der Waals surface area contributed by atoms with Crippen LogP contribution in [-0.4, -0.2) is 16.1 Å². The maximum absolute atomic E-state index is 11.0. The summed E-state index contributed by atoms with van der Waals surface area (Å²) in [5.74, 6) is 0.0881. The number of H-pyrrole nitrogens is 1. The monoisotopic (exact) mass is 151 g/mol. The molecule has 0 saturated carbocycles. The van der Waals surface area contributed by atoms with Gasteiger partial charge in [-0.15, -0.1) is 0 Å². The fraction of sp³-hybridized carbons (Fsp3) is 0.429. The van der Waals surface area contributed by atoms with E-state index in [9.17, 15) is 4.79 Å². The van der Waals surface area contributed by atoms with Gasteiger partial charge in [-0.05, 0) is 12.8 Å². The van der Waals surface area contributed by atoms with Crippen molar-refractivity contribution in [3.63, 3.8) is 0 Å². The van der Waals surface area contributed by atoms with Gasteiger partial charge in [-0.3, -0.25) is 9.89 Å². The lowest BCUT2D eigenvalue weighted by atomic mass is 10.2. The molecular weight excluding hydrogens is 142 g/mol. The number of hydrogen-bond donors (Lipinski definition) is 2. The van der Waals surface area contributed by atoms with Gasteiger partial charge in [0, 0.05) is 6.42 Å². The second-order valence-corrected chi connectivity index (χ2v) is 2.66. The molecule has 0 unspecified atom stereocenters. The standard InChI is InChI=1S/C7H9N3O/c11-7-3-1-2-5-6(9-7)4-8-10-5/h4H,1-3H2,(H,8,10)(H,9,11). The van der Waals surface area contributed by atoms with Crippen LogP contribution in [0.25, 0.3) is 0 Å². The van der Waals surface area contributed by atoms with Gasteiger partial charge in [-0.1, -0.05) is 0 Å². The van der Waals surface area contributed by atoms with E-state index in [0.29, 0.717) is 6.42 Å². The highest BCUT2D eigenvalue weighted by Crippen LogP contribution is 2.17. The molecule has 0 radical (unpaired) electrons. The van der Waals surface area contributed by atoms with Crippen LogP contribution in [0.2, 0.25) is 0 Å². The van der Waals surface area contributed by atoms with Gasteiger partial charge in [-0.2, -0.15) is 5.10 Å². The van der Waals surface area contributed by atoms with E-state index < -0.39 is 0 Å². The molecule has 1 aliphatic heterocycles. The number of aromatic amines is 1. The molecule has 11 heavy (non-hydrogen) atoms. The summed E-state index contributed by atoms with van der Waals surface area (Å²) < 4.78 is 0. The molecule has 1 amide bonds. The number of anilines is 1. The van der Waals surface area contributed by atoms with Crippen molar-refractivity contribution >= 4 is 11.6 Å². The van der Waals surface area contributed by atoms with Gasteiger partial charge in [0.1, 0.15) is 0 Å². The van der Waals surface area contributed by atoms with Gasteiger partial charge >= 0.3 is 0 Å². The predicted octanol–water partition coefficient (Wildman–Crippen LogP) is 0.684. The molecule has 0 bridgehead atoms. The van der Waals surface area contributed by atoms with Crippen LogP contribution in [0, 0.1) is 0 Å². The number of aromatic nitrogens is 2.